The Balaban J connectivity index is 1.69. The Bertz CT molecular complexity index is 829. The van der Waals surface area contributed by atoms with Gasteiger partial charge in [0.2, 0.25) is 11.8 Å². The highest BCUT2D eigenvalue weighted by Gasteiger charge is 2.33. The summed E-state index contributed by atoms with van der Waals surface area (Å²) in [5.74, 6) is -2.32. The van der Waals surface area contributed by atoms with Crippen LogP contribution in [0.5, 0.6) is 0 Å². The van der Waals surface area contributed by atoms with Crippen LogP contribution in [-0.4, -0.2) is 55.5 Å². The van der Waals surface area contributed by atoms with Crippen LogP contribution in [0.4, 0.5) is 13.2 Å². The maximum Gasteiger partial charge on any atom is 0.435 e. The fraction of sp³-hybridized carbons (Fsp3) is 0.357. The molecule has 3 N–H and O–H groups in total. The van der Waals surface area contributed by atoms with Crippen LogP contribution in [0.15, 0.2) is 24.5 Å². The van der Waals surface area contributed by atoms with Gasteiger partial charge in [-0.2, -0.15) is 23.4 Å². The van der Waals surface area contributed by atoms with Crippen LogP contribution in [0.25, 0.3) is 0 Å². The van der Waals surface area contributed by atoms with Crippen molar-refractivity contribution in [3.05, 3.63) is 35.9 Å². The smallest absolute Gasteiger partial charge is 0.435 e. The number of carbonyl (C=O) groups excluding carboxylic acids is 2. The second-order valence-corrected chi connectivity index (χ2v) is 5.28. The highest BCUT2D eigenvalue weighted by molar-refractivity contribution is 5.86. The summed E-state index contributed by atoms with van der Waals surface area (Å²) in [5.41, 5.74) is -1.24. The lowest BCUT2D eigenvalue weighted by Gasteiger charge is -2.08. The number of rotatable bonds is 8. The van der Waals surface area contributed by atoms with Gasteiger partial charge in [0, 0.05) is 25.5 Å². The van der Waals surface area contributed by atoms with Gasteiger partial charge in [0.15, 0.2) is 5.69 Å². The average molecular weight is 388 g/mol. The van der Waals surface area contributed by atoms with E-state index in [-0.39, 0.29) is 25.3 Å². The molecule has 0 aliphatic carbocycles. The van der Waals surface area contributed by atoms with Crippen LogP contribution in [0.1, 0.15) is 16.2 Å². The normalized spacial score (nSPS) is 11.2. The van der Waals surface area contributed by atoms with E-state index in [4.69, 9.17) is 5.11 Å². The molecule has 0 saturated carbocycles. The molecular weight excluding hydrogens is 373 g/mol. The van der Waals surface area contributed by atoms with E-state index in [0.717, 1.165) is 21.6 Å². The van der Waals surface area contributed by atoms with Gasteiger partial charge in [-0.05, 0) is 12.1 Å². The molecule has 0 unspecified atom stereocenters. The zero-order valence-electron chi connectivity index (χ0n) is 13.7. The molecule has 0 aliphatic heterocycles. The van der Waals surface area contributed by atoms with Gasteiger partial charge in [0.25, 0.3) is 0 Å². The maximum atomic E-state index is 12.4. The molecule has 2 rings (SSSR count). The largest absolute Gasteiger partial charge is 0.477 e. The molecule has 2 aromatic rings. The minimum absolute atomic E-state index is 0.0306. The lowest BCUT2D eigenvalue weighted by Crippen LogP contribution is -2.37. The summed E-state index contributed by atoms with van der Waals surface area (Å²) in [6.07, 6.45) is -2.30. The molecule has 0 atom stereocenters. The molecule has 27 heavy (non-hydrogen) atoms. The van der Waals surface area contributed by atoms with Crippen molar-refractivity contribution >= 4 is 17.8 Å². The molecule has 0 bridgehead atoms. The number of nitrogens with one attached hydrogen (secondary N) is 2. The molecule has 13 heteroatoms. The number of hydrogen-bond acceptors (Lipinski definition) is 5. The first-order valence-corrected chi connectivity index (χ1v) is 7.56. The minimum Gasteiger partial charge on any atom is -0.477 e. The standard InChI is InChI=1S/C14H15F3N6O4/c15-14(16,17)10-2-6-22(21-10)7-11(24)18-4-5-19-12(25)8-23-9(13(26)27)1-3-20-23/h1-3,6H,4-5,7-8H2,(H,18,24)(H,19,25)(H,26,27). The molecular formula is C14H15F3N6O4. The Morgan fingerprint density at radius 1 is 1.07 bits per heavy atom. The third kappa shape index (κ3) is 5.83. The number of aromatic carboxylic acids is 1. The van der Waals surface area contributed by atoms with Crippen molar-refractivity contribution in [3.8, 4) is 0 Å². The van der Waals surface area contributed by atoms with Gasteiger partial charge in [-0.3, -0.25) is 14.3 Å². The topological polar surface area (TPSA) is 131 Å². The second kappa shape index (κ2) is 8.33. The van der Waals surface area contributed by atoms with E-state index in [1.165, 1.54) is 12.3 Å². The van der Waals surface area contributed by atoms with Crippen molar-refractivity contribution < 1.29 is 32.7 Å². The van der Waals surface area contributed by atoms with Gasteiger partial charge in [0.1, 0.15) is 18.8 Å². The van der Waals surface area contributed by atoms with Crippen molar-refractivity contribution in [1.29, 1.82) is 0 Å². The Morgan fingerprint density at radius 3 is 2.26 bits per heavy atom. The minimum atomic E-state index is -4.58. The number of alkyl halides is 3. The van der Waals surface area contributed by atoms with E-state index >= 15 is 0 Å². The molecule has 146 valence electrons. The lowest BCUT2D eigenvalue weighted by atomic mass is 10.4. The highest BCUT2D eigenvalue weighted by Crippen LogP contribution is 2.27. The fourth-order valence-electron chi connectivity index (χ4n) is 2.04. The summed E-state index contributed by atoms with van der Waals surface area (Å²) in [4.78, 5) is 34.3. The Labute approximate surface area is 149 Å². The van der Waals surface area contributed by atoms with Gasteiger partial charge < -0.3 is 15.7 Å². The number of aromatic nitrogens is 4. The average Bonchev–Trinajstić information content (AvgIpc) is 3.20. The number of nitrogens with zero attached hydrogens (tertiary/aromatic N) is 4. The Hall–Kier alpha value is -3.38. The summed E-state index contributed by atoms with van der Waals surface area (Å²) in [6, 6.07) is 2.00. The van der Waals surface area contributed by atoms with Gasteiger partial charge in [-0.15, -0.1) is 0 Å². The number of carbonyl (C=O) groups is 3. The predicted molar refractivity (Wildman–Crippen MR) is 82.4 cm³/mol. The SMILES string of the molecule is O=C(Cn1ccc(C(F)(F)F)n1)NCCNC(=O)Cn1nccc1C(=O)O. The summed E-state index contributed by atoms with van der Waals surface area (Å²) in [6.45, 7) is -0.639. The van der Waals surface area contributed by atoms with Crippen LogP contribution in [0.2, 0.25) is 0 Å². The van der Waals surface area contributed by atoms with E-state index in [2.05, 4.69) is 20.8 Å². The van der Waals surface area contributed by atoms with E-state index < -0.39 is 36.2 Å². The van der Waals surface area contributed by atoms with E-state index in [1.807, 2.05) is 0 Å². The van der Waals surface area contributed by atoms with Crippen molar-refractivity contribution in [2.24, 2.45) is 0 Å². The Kier molecular flexibility index (Phi) is 6.15. The molecule has 0 saturated heterocycles. The zero-order valence-corrected chi connectivity index (χ0v) is 13.7. The predicted octanol–water partition coefficient (Wildman–Crippen LogP) is -0.271. The molecule has 0 aromatic carbocycles. The third-order valence-corrected chi connectivity index (χ3v) is 3.24. The molecule has 0 aliphatic rings. The highest BCUT2D eigenvalue weighted by atomic mass is 19.4. The molecule has 0 spiro atoms. The first-order valence-electron chi connectivity index (χ1n) is 7.56. The van der Waals surface area contributed by atoms with Crippen LogP contribution in [0, 0.1) is 0 Å². The van der Waals surface area contributed by atoms with Crippen LogP contribution >= 0.6 is 0 Å². The van der Waals surface area contributed by atoms with Gasteiger partial charge in [-0.25, -0.2) is 9.48 Å². The van der Waals surface area contributed by atoms with Crippen molar-refractivity contribution in [2.45, 2.75) is 19.3 Å². The number of hydrogen-bond donors (Lipinski definition) is 3. The summed E-state index contributed by atoms with van der Waals surface area (Å²) in [5, 5.41) is 20.7. The van der Waals surface area contributed by atoms with Crippen molar-refractivity contribution in [3.63, 3.8) is 0 Å². The summed E-state index contributed by atoms with van der Waals surface area (Å²) >= 11 is 0. The van der Waals surface area contributed by atoms with Crippen LogP contribution in [-0.2, 0) is 28.9 Å². The molecule has 2 amide bonds. The van der Waals surface area contributed by atoms with Gasteiger partial charge >= 0.3 is 12.1 Å². The fourth-order valence-corrected chi connectivity index (χ4v) is 2.04. The maximum absolute atomic E-state index is 12.4. The summed E-state index contributed by atoms with van der Waals surface area (Å²) < 4.78 is 39.1. The molecule has 0 fully saturated rings. The number of carboxylic acids is 1. The number of carboxylic acid groups (broad SMARTS) is 1. The monoisotopic (exact) mass is 388 g/mol. The van der Waals surface area contributed by atoms with Gasteiger partial charge in [0.05, 0.1) is 0 Å². The number of amides is 2. The first kappa shape index (κ1) is 19.9. The molecule has 2 aromatic heterocycles. The Morgan fingerprint density at radius 2 is 1.70 bits per heavy atom. The van der Waals surface area contributed by atoms with Crippen molar-refractivity contribution in [2.75, 3.05) is 13.1 Å². The molecule has 0 radical (unpaired) electrons. The van der Waals surface area contributed by atoms with E-state index in [1.54, 1.807) is 0 Å². The lowest BCUT2D eigenvalue weighted by molar-refractivity contribution is -0.141. The molecule has 10 nitrogen and oxygen atoms in total. The van der Waals surface area contributed by atoms with E-state index in [0.29, 0.717) is 0 Å². The van der Waals surface area contributed by atoms with Crippen molar-refractivity contribution in [1.82, 2.24) is 30.2 Å². The second-order valence-electron chi connectivity index (χ2n) is 5.28. The molecule has 2 heterocycles. The number of halogens is 3. The van der Waals surface area contributed by atoms with Crippen LogP contribution in [0.3, 0.4) is 0 Å². The first-order chi connectivity index (χ1) is 12.7. The quantitative estimate of drug-likeness (QED) is 0.534. The van der Waals surface area contributed by atoms with Gasteiger partial charge in [-0.1, -0.05) is 0 Å². The zero-order chi connectivity index (χ0) is 20.0. The summed E-state index contributed by atoms with van der Waals surface area (Å²) in [7, 11) is 0. The van der Waals surface area contributed by atoms with E-state index in [9.17, 15) is 27.6 Å². The van der Waals surface area contributed by atoms with Crippen LogP contribution < -0.4 is 10.6 Å². The third-order valence-electron chi connectivity index (χ3n) is 3.24.